The van der Waals surface area contributed by atoms with Crippen LogP contribution in [0.4, 0.5) is 0 Å². The molecule has 2 unspecified atom stereocenters. The second kappa shape index (κ2) is 5.68. The molecule has 22 heavy (non-hydrogen) atoms. The lowest BCUT2D eigenvalue weighted by atomic mass is 9.79. The number of alkyl halides is 1. The van der Waals surface area contributed by atoms with Crippen LogP contribution in [0.3, 0.4) is 0 Å². The summed E-state index contributed by atoms with van der Waals surface area (Å²) in [6.45, 7) is 4.31. The first kappa shape index (κ1) is 16.1. The molecule has 1 heterocycles. The molecule has 2 aromatic carbocycles. The Morgan fingerprint density at radius 3 is 2.09 bits per heavy atom. The molecule has 0 aromatic heterocycles. The normalized spacial score (nSPS) is 30.9. The SMILES string of the molecule is CC1(C)CC[Si](Cl)(c2ccccc2)OC1(Cl)c1ccccc1. The van der Waals surface area contributed by atoms with Crippen molar-refractivity contribution in [1.82, 2.24) is 0 Å². The highest BCUT2D eigenvalue weighted by Gasteiger charge is 2.57. The predicted octanol–water partition coefficient (Wildman–Crippen LogP) is 5.11. The lowest BCUT2D eigenvalue weighted by Gasteiger charge is -2.51. The van der Waals surface area contributed by atoms with E-state index in [9.17, 15) is 0 Å². The maximum Gasteiger partial charge on any atom is 0.324 e. The minimum absolute atomic E-state index is 0.184. The van der Waals surface area contributed by atoms with Gasteiger partial charge in [-0.2, -0.15) is 0 Å². The van der Waals surface area contributed by atoms with E-state index in [2.05, 4.69) is 26.0 Å². The van der Waals surface area contributed by atoms with Crippen molar-refractivity contribution in [3.8, 4) is 0 Å². The Morgan fingerprint density at radius 2 is 1.50 bits per heavy atom. The van der Waals surface area contributed by atoms with Gasteiger partial charge in [-0.3, -0.25) is 0 Å². The Labute approximate surface area is 143 Å². The Bertz CT molecular complexity index is 647. The molecule has 2 atom stereocenters. The van der Waals surface area contributed by atoms with Gasteiger partial charge in [0.15, 0.2) is 5.06 Å². The lowest BCUT2D eigenvalue weighted by molar-refractivity contribution is 0.00319. The number of hydrogen-bond acceptors (Lipinski definition) is 1. The zero-order valence-corrected chi connectivity index (χ0v) is 15.4. The molecule has 1 aliphatic rings. The highest BCUT2D eigenvalue weighted by molar-refractivity contribution is 7.24. The van der Waals surface area contributed by atoms with Gasteiger partial charge in [-0.1, -0.05) is 86.1 Å². The summed E-state index contributed by atoms with van der Waals surface area (Å²) in [6.07, 6.45) is 0.940. The van der Waals surface area contributed by atoms with E-state index in [4.69, 9.17) is 27.1 Å². The van der Waals surface area contributed by atoms with Crippen LogP contribution in [0.2, 0.25) is 6.04 Å². The van der Waals surface area contributed by atoms with Crippen LogP contribution in [-0.2, 0) is 9.49 Å². The zero-order valence-electron chi connectivity index (χ0n) is 12.9. The van der Waals surface area contributed by atoms with Crippen molar-refractivity contribution in [3.63, 3.8) is 0 Å². The van der Waals surface area contributed by atoms with Crippen LogP contribution in [0.15, 0.2) is 60.7 Å². The molecule has 1 saturated heterocycles. The lowest BCUT2D eigenvalue weighted by Crippen LogP contribution is -2.58. The van der Waals surface area contributed by atoms with Gasteiger partial charge < -0.3 is 4.43 Å². The molecule has 2 aromatic rings. The quantitative estimate of drug-likeness (QED) is 0.415. The van der Waals surface area contributed by atoms with Crippen molar-refractivity contribution in [2.24, 2.45) is 5.41 Å². The third kappa shape index (κ3) is 2.63. The number of benzene rings is 2. The van der Waals surface area contributed by atoms with Crippen LogP contribution in [0.5, 0.6) is 0 Å². The first-order valence-corrected chi connectivity index (χ1v) is 11.1. The van der Waals surface area contributed by atoms with E-state index in [0.717, 1.165) is 23.2 Å². The van der Waals surface area contributed by atoms with Crippen molar-refractivity contribution in [3.05, 3.63) is 66.2 Å². The van der Waals surface area contributed by atoms with Gasteiger partial charge in [-0.05, 0) is 23.2 Å². The van der Waals surface area contributed by atoms with Crippen molar-refractivity contribution >= 4 is 35.5 Å². The van der Waals surface area contributed by atoms with Crippen molar-refractivity contribution in [2.45, 2.75) is 31.4 Å². The molecule has 3 rings (SSSR count). The van der Waals surface area contributed by atoms with Crippen molar-refractivity contribution < 1.29 is 4.43 Å². The Hall–Kier alpha value is -0.803. The Kier molecular flexibility index (Phi) is 4.15. The molecule has 0 N–H and O–H groups in total. The van der Waals surface area contributed by atoms with Gasteiger partial charge >= 0.3 is 7.63 Å². The summed E-state index contributed by atoms with van der Waals surface area (Å²) in [4.78, 5) is 0. The molecular formula is C18H20Cl2OSi. The largest absolute Gasteiger partial charge is 0.376 e. The Morgan fingerprint density at radius 1 is 0.955 bits per heavy atom. The highest BCUT2D eigenvalue weighted by atomic mass is 35.6. The number of rotatable bonds is 2. The third-order valence-electron chi connectivity index (χ3n) is 4.59. The molecule has 0 saturated carbocycles. The van der Waals surface area contributed by atoms with Crippen LogP contribution in [0, 0.1) is 5.41 Å². The minimum atomic E-state index is -2.58. The van der Waals surface area contributed by atoms with Crippen LogP contribution in [0.25, 0.3) is 0 Å². The fourth-order valence-corrected chi connectivity index (χ4v) is 7.77. The zero-order chi connectivity index (χ0) is 15.8. The van der Waals surface area contributed by atoms with Gasteiger partial charge in [0.2, 0.25) is 0 Å². The maximum absolute atomic E-state index is 7.05. The summed E-state index contributed by atoms with van der Waals surface area (Å²) in [7, 11) is -2.58. The topological polar surface area (TPSA) is 9.23 Å². The molecule has 1 nitrogen and oxygen atoms in total. The molecule has 0 amide bonds. The van der Waals surface area contributed by atoms with Crippen molar-refractivity contribution in [2.75, 3.05) is 0 Å². The average molecular weight is 351 g/mol. The molecule has 4 heteroatoms. The second-order valence-corrected chi connectivity index (χ2v) is 11.6. The van der Waals surface area contributed by atoms with Crippen LogP contribution < -0.4 is 5.19 Å². The first-order valence-electron chi connectivity index (χ1n) is 7.56. The van der Waals surface area contributed by atoms with Crippen LogP contribution in [-0.4, -0.2) is 7.63 Å². The number of hydrogen-bond donors (Lipinski definition) is 0. The van der Waals surface area contributed by atoms with Gasteiger partial charge in [0, 0.05) is 5.41 Å². The molecule has 0 radical (unpaired) electrons. The minimum Gasteiger partial charge on any atom is -0.376 e. The fraction of sp³-hybridized carbons (Fsp3) is 0.333. The Balaban J connectivity index is 2.05. The molecule has 0 bridgehead atoms. The summed E-state index contributed by atoms with van der Waals surface area (Å²) < 4.78 is 6.52. The summed E-state index contributed by atoms with van der Waals surface area (Å²) in [5.41, 5.74) is 0.797. The number of halogens is 2. The molecule has 0 spiro atoms. The monoisotopic (exact) mass is 350 g/mol. The van der Waals surface area contributed by atoms with E-state index in [1.54, 1.807) is 0 Å². The van der Waals surface area contributed by atoms with Gasteiger partial charge in [0.05, 0.1) is 0 Å². The average Bonchev–Trinajstić information content (AvgIpc) is 2.54. The third-order valence-corrected chi connectivity index (χ3v) is 9.70. The predicted molar refractivity (Wildman–Crippen MR) is 95.9 cm³/mol. The second-order valence-electron chi connectivity index (χ2n) is 6.54. The first-order chi connectivity index (χ1) is 10.4. The van der Waals surface area contributed by atoms with E-state index < -0.39 is 12.7 Å². The standard InChI is InChI=1S/C18H20Cl2OSi/c1-17(2)13-14-22(20,16-11-7-4-8-12-16)21-18(17,19)15-9-5-3-6-10-15/h3-12H,13-14H2,1-2H3. The van der Waals surface area contributed by atoms with Crippen LogP contribution in [0.1, 0.15) is 25.8 Å². The summed E-state index contributed by atoms with van der Waals surface area (Å²) in [5, 5.41) is 0.198. The molecule has 1 fully saturated rings. The van der Waals surface area contributed by atoms with Crippen LogP contribution >= 0.6 is 22.7 Å². The summed E-state index contributed by atoms with van der Waals surface area (Å²) >= 11 is 14.0. The molecule has 116 valence electrons. The summed E-state index contributed by atoms with van der Waals surface area (Å²) in [5.74, 6) is 0. The van der Waals surface area contributed by atoms with E-state index in [1.807, 2.05) is 48.5 Å². The molecule has 0 aliphatic carbocycles. The van der Waals surface area contributed by atoms with Gasteiger partial charge in [-0.25, -0.2) is 0 Å². The van der Waals surface area contributed by atoms with E-state index in [1.165, 1.54) is 0 Å². The smallest absolute Gasteiger partial charge is 0.324 e. The molecular weight excluding hydrogens is 331 g/mol. The summed E-state index contributed by atoms with van der Waals surface area (Å²) in [6, 6.07) is 21.0. The van der Waals surface area contributed by atoms with Gasteiger partial charge in [0.1, 0.15) is 0 Å². The van der Waals surface area contributed by atoms with E-state index >= 15 is 0 Å². The fourth-order valence-electron chi connectivity index (χ4n) is 3.04. The highest BCUT2D eigenvalue weighted by Crippen LogP contribution is 2.55. The van der Waals surface area contributed by atoms with Gasteiger partial charge in [-0.15, -0.1) is 11.1 Å². The maximum atomic E-state index is 7.05. The molecule has 1 aliphatic heterocycles. The van der Waals surface area contributed by atoms with E-state index in [-0.39, 0.29) is 5.41 Å². The van der Waals surface area contributed by atoms with E-state index in [0.29, 0.717) is 0 Å². The van der Waals surface area contributed by atoms with Crippen molar-refractivity contribution in [1.29, 1.82) is 0 Å². The van der Waals surface area contributed by atoms with Gasteiger partial charge in [0.25, 0.3) is 0 Å².